The molecule has 122 valence electrons. The van der Waals surface area contributed by atoms with Crippen LogP contribution in [0.4, 0.5) is 5.69 Å². The van der Waals surface area contributed by atoms with Gasteiger partial charge in [-0.2, -0.15) is 0 Å². The van der Waals surface area contributed by atoms with Crippen LogP contribution < -0.4 is 4.90 Å². The second-order valence-corrected chi connectivity index (χ2v) is 7.43. The quantitative estimate of drug-likeness (QED) is 0.802. The van der Waals surface area contributed by atoms with E-state index in [4.69, 9.17) is 0 Å². The van der Waals surface area contributed by atoms with Crippen LogP contribution in [-0.2, 0) is 11.2 Å². The number of hydrogen-bond donors (Lipinski definition) is 0. The summed E-state index contributed by atoms with van der Waals surface area (Å²) in [5.41, 5.74) is 2.40. The normalized spacial score (nSPS) is 17.6. The summed E-state index contributed by atoms with van der Waals surface area (Å²) in [7, 11) is 0. The van der Waals surface area contributed by atoms with Gasteiger partial charge >= 0.3 is 0 Å². The van der Waals surface area contributed by atoms with Crippen LogP contribution in [-0.4, -0.2) is 36.5 Å². The van der Waals surface area contributed by atoms with Gasteiger partial charge in [-0.05, 0) is 36.8 Å². The molecule has 1 aromatic rings. The molecule has 1 aromatic carbocycles. The first-order valence-corrected chi connectivity index (χ1v) is 8.50. The highest BCUT2D eigenvalue weighted by atomic mass is 16.2. The van der Waals surface area contributed by atoms with Gasteiger partial charge in [0.2, 0.25) is 5.91 Å². The zero-order valence-electron chi connectivity index (χ0n) is 14.7. The van der Waals surface area contributed by atoms with Crippen molar-refractivity contribution < 1.29 is 4.79 Å². The molecule has 0 N–H and O–H groups in total. The van der Waals surface area contributed by atoms with Crippen LogP contribution in [0.2, 0.25) is 0 Å². The number of benzene rings is 1. The van der Waals surface area contributed by atoms with Crippen molar-refractivity contribution in [2.24, 2.45) is 11.8 Å². The van der Waals surface area contributed by atoms with Crippen molar-refractivity contribution in [1.29, 1.82) is 0 Å². The van der Waals surface area contributed by atoms with Crippen molar-refractivity contribution in [1.82, 2.24) is 4.90 Å². The molecule has 2 rings (SSSR count). The fraction of sp³-hybridized carbons (Fsp3) is 0.632. The Kier molecular flexibility index (Phi) is 5.63. The van der Waals surface area contributed by atoms with Gasteiger partial charge in [-0.15, -0.1) is 0 Å². The predicted octanol–water partition coefficient (Wildman–Crippen LogP) is 3.58. The van der Waals surface area contributed by atoms with Crippen LogP contribution in [0, 0.1) is 11.8 Å². The van der Waals surface area contributed by atoms with Gasteiger partial charge in [0.25, 0.3) is 0 Å². The van der Waals surface area contributed by atoms with Gasteiger partial charge in [0.1, 0.15) is 0 Å². The Balaban J connectivity index is 2.09. The molecule has 0 saturated carbocycles. The molecule has 3 nitrogen and oxygen atoms in total. The van der Waals surface area contributed by atoms with Crippen LogP contribution in [0.1, 0.15) is 40.2 Å². The lowest BCUT2D eigenvalue weighted by atomic mass is 10.1. The van der Waals surface area contributed by atoms with Crippen molar-refractivity contribution >= 4 is 11.6 Å². The van der Waals surface area contributed by atoms with E-state index in [1.807, 2.05) is 11.0 Å². The van der Waals surface area contributed by atoms with E-state index in [0.717, 1.165) is 25.2 Å². The van der Waals surface area contributed by atoms with Gasteiger partial charge in [0, 0.05) is 24.8 Å². The Morgan fingerprint density at radius 2 is 1.77 bits per heavy atom. The molecule has 1 heterocycles. The predicted molar refractivity (Wildman–Crippen MR) is 93.2 cm³/mol. The summed E-state index contributed by atoms with van der Waals surface area (Å²) >= 11 is 0. The molecule has 0 fully saturated rings. The molecule has 0 unspecified atom stereocenters. The Morgan fingerprint density at radius 3 is 2.36 bits per heavy atom. The maximum Gasteiger partial charge on any atom is 0.241 e. The second kappa shape index (κ2) is 7.28. The molecule has 0 aliphatic carbocycles. The molecule has 1 aliphatic rings. The van der Waals surface area contributed by atoms with E-state index in [1.54, 1.807) is 0 Å². The third-order valence-corrected chi connectivity index (χ3v) is 4.08. The fourth-order valence-corrected chi connectivity index (χ4v) is 3.45. The number of rotatable bonds is 6. The molecule has 3 heteroatoms. The summed E-state index contributed by atoms with van der Waals surface area (Å²) in [5.74, 6) is 1.39. The number of fused-ring (bicyclic) bond motifs is 1. The van der Waals surface area contributed by atoms with Crippen LogP contribution in [0.15, 0.2) is 24.3 Å². The average Bonchev–Trinajstić information content (AvgIpc) is 2.72. The van der Waals surface area contributed by atoms with E-state index in [2.05, 4.69) is 57.7 Å². The van der Waals surface area contributed by atoms with Crippen molar-refractivity contribution in [2.75, 3.05) is 24.5 Å². The molecule has 0 radical (unpaired) electrons. The van der Waals surface area contributed by atoms with Crippen molar-refractivity contribution in [3.05, 3.63) is 29.8 Å². The molecule has 1 aliphatic heterocycles. The lowest BCUT2D eigenvalue weighted by molar-refractivity contribution is -0.120. The van der Waals surface area contributed by atoms with E-state index in [1.165, 1.54) is 5.56 Å². The number of amides is 1. The molecule has 0 saturated heterocycles. The van der Waals surface area contributed by atoms with E-state index in [0.29, 0.717) is 18.4 Å². The third-order valence-electron chi connectivity index (χ3n) is 4.08. The first kappa shape index (κ1) is 17.0. The summed E-state index contributed by atoms with van der Waals surface area (Å²) in [6, 6.07) is 8.57. The highest BCUT2D eigenvalue weighted by Crippen LogP contribution is 2.31. The summed E-state index contributed by atoms with van der Waals surface area (Å²) in [6.07, 6.45) is 0.969. The number of hydrogen-bond acceptors (Lipinski definition) is 2. The van der Waals surface area contributed by atoms with Crippen LogP contribution in [0.25, 0.3) is 0 Å². The molecule has 0 aromatic heterocycles. The fourth-order valence-electron chi connectivity index (χ4n) is 3.45. The smallest absolute Gasteiger partial charge is 0.241 e. The van der Waals surface area contributed by atoms with Gasteiger partial charge in [0.05, 0.1) is 6.54 Å². The lowest BCUT2D eigenvalue weighted by Crippen LogP contribution is -2.45. The second-order valence-electron chi connectivity index (χ2n) is 7.43. The van der Waals surface area contributed by atoms with Gasteiger partial charge in [-0.25, -0.2) is 0 Å². The number of carbonyl (C=O) groups is 1. The minimum absolute atomic E-state index is 0.235. The Bertz CT molecular complexity index is 500. The van der Waals surface area contributed by atoms with Gasteiger partial charge in [0.15, 0.2) is 0 Å². The van der Waals surface area contributed by atoms with Crippen molar-refractivity contribution in [2.45, 2.75) is 47.1 Å². The molecular formula is C19H30N2O. The standard InChI is InChI=1S/C19H30N2O/c1-14(2)11-20(12-15(3)4)13-19(22)21-16(5)10-17-8-6-7-9-18(17)21/h6-9,14-16H,10-13H2,1-5H3/t16-/m0/s1. The summed E-state index contributed by atoms with van der Waals surface area (Å²) in [5, 5.41) is 0. The van der Waals surface area contributed by atoms with E-state index in [9.17, 15) is 4.79 Å². The molecule has 1 amide bonds. The summed E-state index contributed by atoms with van der Waals surface area (Å²) in [4.78, 5) is 17.2. The number of anilines is 1. The van der Waals surface area contributed by atoms with E-state index in [-0.39, 0.29) is 11.9 Å². The van der Waals surface area contributed by atoms with Crippen molar-refractivity contribution in [3.8, 4) is 0 Å². The van der Waals surface area contributed by atoms with Crippen LogP contribution >= 0.6 is 0 Å². The first-order chi connectivity index (χ1) is 10.4. The largest absolute Gasteiger partial charge is 0.308 e. The summed E-state index contributed by atoms with van der Waals surface area (Å²) < 4.78 is 0. The summed E-state index contributed by atoms with van der Waals surface area (Å²) in [6.45, 7) is 13.5. The van der Waals surface area contributed by atoms with Crippen molar-refractivity contribution in [3.63, 3.8) is 0 Å². The number of carbonyl (C=O) groups excluding carboxylic acids is 1. The number of nitrogens with zero attached hydrogens (tertiary/aromatic N) is 2. The van der Waals surface area contributed by atoms with Gasteiger partial charge < -0.3 is 4.90 Å². The highest BCUT2D eigenvalue weighted by Gasteiger charge is 2.31. The minimum atomic E-state index is 0.235. The van der Waals surface area contributed by atoms with E-state index >= 15 is 0 Å². The molecule has 1 atom stereocenters. The lowest BCUT2D eigenvalue weighted by Gasteiger charge is -2.29. The topological polar surface area (TPSA) is 23.6 Å². The Morgan fingerprint density at radius 1 is 1.18 bits per heavy atom. The van der Waals surface area contributed by atoms with Crippen LogP contribution in [0.3, 0.4) is 0 Å². The Hall–Kier alpha value is -1.35. The molecule has 22 heavy (non-hydrogen) atoms. The van der Waals surface area contributed by atoms with Crippen LogP contribution in [0.5, 0.6) is 0 Å². The average molecular weight is 302 g/mol. The molecular weight excluding hydrogens is 272 g/mol. The SMILES string of the molecule is CC(C)CN(CC(=O)N1c2ccccc2C[C@@H]1C)CC(C)C. The number of para-hydroxylation sites is 1. The highest BCUT2D eigenvalue weighted by molar-refractivity contribution is 5.97. The van der Waals surface area contributed by atoms with Gasteiger partial charge in [-0.3, -0.25) is 9.69 Å². The Labute approximate surface area is 135 Å². The molecule has 0 spiro atoms. The van der Waals surface area contributed by atoms with Gasteiger partial charge in [-0.1, -0.05) is 45.9 Å². The maximum atomic E-state index is 12.9. The monoisotopic (exact) mass is 302 g/mol. The third kappa shape index (κ3) is 4.10. The first-order valence-electron chi connectivity index (χ1n) is 8.50. The molecule has 0 bridgehead atoms. The van der Waals surface area contributed by atoms with E-state index < -0.39 is 0 Å². The zero-order chi connectivity index (χ0) is 16.3. The zero-order valence-corrected chi connectivity index (χ0v) is 14.7. The minimum Gasteiger partial charge on any atom is -0.308 e. The maximum absolute atomic E-state index is 12.9.